The van der Waals surface area contributed by atoms with Crippen molar-refractivity contribution in [1.82, 2.24) is 9.80 Å². The van der Waals surface area contributed by atoms with Crippen LogP contribution < -0.4 is 10.2 Å². The number of carbonyl (C=O) groups excluding carboxylic acids is 1. The molecule has 1 amide bonds. The number of nitrogens with zero attached hydrogens (tertiary/aromatic N) is 4. The molecule has 196 valence electrons. The van der Waals surface area contributed by atoms with Crippen LogP contribution in [0.15, 0.2) is 101 Å². The highest BCUT2D eigenvalue weighted by molar-refractivity contribution is 6.16. The van der Waals surface area contributed by atoms with Crippen LogP contribution in [0.4, 0.5) is 11.4 Å². The molecule has 2 heterocycles. The molecule has 2 aliphatic heterocycles. The van der Waals surface area contributed by atoms with Gasteiger partial charge >= 0.3 is 0 Å². The van der Waals surface area contributed by atoms with E-state index in [-0.39, 0.29) is 5.91 Å². The van der Waals surface area contributed by atoms with Crippen molar-refractivity contribution in [1.29, 1.82) is 0 Å². The quantitative estimate of drug-likeness (QED) is 0.428. The Bertz CT molecular complexity index is 1160. The summed E-state index contributed by atoms with van der Waals surface area (Å²) in [7, 11) is 2.17. The number of amidine groups is 1. The molecular formula is C31H41N5O. The van der Waals surface area contributed by atoms with Crippen LogP contribution in [0, 0.1) is 0 Å². The Morgan fingerprint density at radius 1 is 1.05 bits per heavy atom. The van der Waals surface area contributed by atoms with E-state index in [0.29, 0.717) is 12.4 Å². The molecule has 0 spiro atoms. The summed E-state index contributed by atoms with van der Waals surface area (Å²) in [6, 6.07) is 8.52. The first-order valence-electron chi connectivity index (χ1n) is 13.0. The Morgan fingerprint density at radius 3 is 2.30 bits per heavy atom. The molecule has 1 aromatic carbocycles. The fraction of sp³-hybridized carbons (Fsp3) is 0.355. The van der Waals surface area contributed by atoms with Crippen LogP contribution in [0.25, 0.3) is 0 Å². The van der Waals surface area contributed by atoms with Gasteiger partial charge in [0.05, 0.1) is 6.54 Å². The van der Waals surface area contributed by atoms with Crippen molar-refractivity contribution in [2.75, 3.05) is 50.0 Å². The lowest BCUT2D eigenvalue weighted by Crippen LogP contribution is -2.44. The molecule has 37 heavy (non-hydrogen) atoms. The third-order valence-corrected chi connectivity index (χ3v) is 7.03. The van der Waals surface area contributed by atoms with Gasteiger partial charge in [0.2, 0.25) is 0 Å². The van der Waals surface area contributed by atoms with Crippen LogP contribution in [0.3, 0.4) is 0 Å². The first-order chi connectivity index (χ1) is 17.8. The second kappa shape index (κ2) is 13.1. The number of likely N-dealkylation sites (N-methyl/N-ethyl adjacent to an activating group) is 1. The third kappa shape index (κ3) is 6.98. The van der Waals surface area contributed by atoms with Crippen molar-refractivity contribution in [2.45, 2.75) is 34.1 Å². The van der Waals surface area contributed by atoms with Gasteiger partial charge in [-0.3, -0.25) is 9.69 Å². The van der Waals surface area contributed by atoms with Gasteiger partial charge in [-0.15, -0.1) is 0 Å². The highest BCUT2D eigenvalue weighted by Crippen LogP contribution is 2.24. The van der Waals surface area contributed by atoms with Crippen molar-refractivity contribution in [3.8, 4) is 0 Å². The Kier molecular flexibility index (Phi) is 9.86. The topological polar surface area (TPSA) is 51.2 Å². The molecule has 0 atom stereocenters. The van der Waals surface area contributed by atoms with E-state index >= 15 is 0 Å². The number of amides is 1. The maximum absolute atomic E-state index is 13.0. The lowest BCUT2D eigenvalue weighted by Gasteiger charge is -2.34. The lowest BCUT2D eigenvalue weighted by molar-refractivity contribution is -0.122. The molecule has 0 aliphatic carbocycles. The van der Waals surface area contributed by atoms with Crippen LogP contribution >= 0.6 is 0 Å². The summed E-state index contributed by atoms with van der Waals surface area (Å²) < 4.78 is 0. The van der Waals surface area contributed by atoms with E-state index in [9.17, 15) is 4.79 Å². The number of hydrogen-bond acceptors (Lipinski definition) is 5. The van der Waals surface area contributed by atoms with Crippen molar-refractivity contribution >= 4 is 23.1 Å². The van der Waals surface area contributed by atoms with Gasteiger partial charge in [-0.1, -0.05) is 38.3 Å². The minimum atomic E-state index is -0.106. The molecule has 0 radical (unpaired) electrons. The molecule has 1 N–H and O–H groups in total. The molecule has 0 saturated carbocycles. The second-order valence-electron chi connectivity index (χ2n) is 9.50. The Labute approximate surface area is 222 Å². The Hall–Kier alpha value is -3.64. The average Bonchev–Trinajstić information content (AvgIpc) is 2.92. The molecule has 6 nitrogen and oxygen atoms in total. The zero-order chi connectivity index (χ0) is 26.9. The number of rotatable bonds is 9. The van der Waals surface area contributed by atoms with Crippen molar-refractivity contribution in [3.63, 3.8) is 0 Å². The average molecular weight is 500 g/mol. The summed E-state index contributed by atoms with van der Waals surface area (Å²) in [5.41, 5.74) is 6.12. The number of aliphatic imine (C=N–C) groups is 1. The Balaban J connectivity index is 1.94. The minimum Gasteiger partial charge on any atom is -0.369 e. The number of nitrogens with one attached hydrogen (secondary N) is 1. The van der Waals surface area contributed by atoms with Gasteiger partial charge < -0.3 is 15.1 Å². The Morgan fingerprint density at radius 2 is 1.73 bits per heavy atom. The highest BCUT2D eigenvalue weighted by atomic mass is 16.2. The number of carbonyl (C=O) groups is 1. The van der Waals surface area contributed by atoms with Gasteiger partial charge in [-0.25, -0.2) is 4.99 Å². The number of benzene rings is 1. The largest absolute Gasteiger partial charge is 0.369 e. The summed E-state index contributed by atoms with van der Waals surface area (Å²) >= 11 is 0. The van der Waals surface area contributed by atoms with Gasteiger partial charge in [0.15, 0.2) is 0 Å². The molecule has 0 unspecified atom stereocenters. The fourth-order valence-corrected chi connectivity index (χ4v) is 4.20. The maximum atomic E-state index is 13.0. The predicted octanol–water partition coefficient (Wildman–Crippen LogP) is 5.92. The fourth-order valence-electron chi connectivity index (χ4n) is 4.20. The van der Waals surface area contributed by atoms with Gasteiger partial charge in [-0.05, 0) is 81.3 Å². The van der Waals surface area contributed by atoms with E-state index in [2.05, 4.69) is 73.4 Å². The lowest BCUT2D eigenvalue weighted by atomic mass is 10.1. The summed E-state index contributed by atoms with van der Waals surface area (Å²) in [5.74, 6) is 1.27. The predicted molar refractivity (Wildman–Crippen MR) is 158 cm³/mol. The van der Waals surface area contributed by atoms with Gasteiger partial charge in [0.1, 0.15) is 11.7 Å². The number of hydrogen-bond donors (Lipinski definition) is 1. The smallest absolute Gasteiger partial charge is 0.252 e. The molecule has 3 rings (SSSR count). The summed E-state index contributed by atoms with van der Waals surface area (Å²) in [6.45, 7) is 20.5. The van der Waals surface area contributed by atoms with Crippen LogP contribution in [-0.4, -0.2) is 61.3 Å². The number of anilines is 2. The van der Waals surface area contributed by atoms with Crippen molar-refractivity contribution < 1.29 is 4.79 Å². The van der Waals surface area contributed by atoms with E-state index < -0.39 is 0 Å². The van der Waals surface area contributed by atoms with E-state index in [4.69, 9.17) is 4.99 Å². The maximum Gasteiger partial charge on any atom is 0.252 e. The molecule has 2 aliphatic rings. The molecule has 0 aromatic heterocycles. The summed E-state index contributed by atoms with van der Waals surface area (Å²) in [4.78, 5) is 24.6. The first kappa shape index (κ1) is 27.9. The zero-order valence-corrected chi connectivity index (χ0v) is 23.1. The normalized spacial score (nSPS) is 20.2. The van der Waals surface area contributed by atoms with Gasteiger partial charge in [0, 0.05) is 49.2 Å². The monoisotopic (exact) mass is 499 g/mol. The van der Waals surface area contributed by atoms with Crippen LogP contribution in [0.1, 0.15) is 34.1 Å². The molecule has 1 saturated heterocycles. The van der Waals surface area contributed by atoms with Gasteiger partial charge in [-0.2, -0.15) is 0 Å². The first-order valence-corrected chi connectivity index (χ1v) is 13.0. The minimum absolute atomic E-state index is 0.106. The summed E-state index contributed by atoms with van der Waals surface area (Å²) in [6.07, 6.45) is 9.81. The third-order valence-electron chi connectivity index (χ3n) is 7.03. The molecule has 1 aromatic rings. The molecule has 1 fully saturated rings. The second-order valence-corrected chi connectivity index (χ2v) is 9.50. The summed E-state index contributed by atoms with van der Waals surface area (Å²) in [5, 5.41) is 3.52. The van der Waals surface area contributed by atoms with Crippen molar-refractivity contribution in [3.05, 3.63) is 95.9 Å². The number of piperazine rings is 1. The number of allylic oxidation sites excluding steroid dienone is 4. The molecule has 6 heteroatoms. The van der Waals surface area contributed by atoms with Crippen molar-refractivity contribution in [2.24, 2.45) is 4.99 Å². The highest BCUT2D eigenvalue weighted by Gasteiger charge is 2.25. The van der Waals surface area contributed by atoms with E-state index in [1.165, 1.54) is 5.69 Å². The standard InChI is InChI=1S/C31H41N5O/c1-8-23(5)26(11-4)22-36-29(37)17-12-25(10-3)31(36)33-30(24(6)9-2)32-27-13-15-28(16-14-27)35-20-18-34(7)19-21-35/h8,10-17,32H,1,4,9,18-22H2,2-3,5-7H3/b25-10-,26-23+,30-24+,33-31+. The van der Waals surface area contributed by atoms with Gasteiger partial charge in [0.25, 0.3) is 5.91 Å². The van der Waals surface area contributed by atoms with E-state index in [1.807, 2.05) is 26.0 Å². The molecule has 0 bridgehead atoms. The SMILES string of the molecule is C=C/C(C)=C(\C=C)CN1C(=O)C=CC(=C/C)/C1=N\C(Nc1ccc(N2CCN(C)CC2)cc1)=C(/C)CC. The van der Waals surface area contributed by atoms with Crippen LogP contribution in [-0.2, 0) is 4.79 Å². The van der Waals surface area contributed by atoms with E-state index in [1.54, 1.807) is 23.1 Å². The zero-order valence-electron chi connectivity index (χ0n) is 23.1. The molecular weight excluding hydrogens is 458 g/mol. The van der Waals surface area contributed by atoms with E-state index in [0.717, 1.165) is 66.4 Å². The van der Waals surface area contributed by atoms with Crippen LogP contribution in [0.5, 0.6) is 0 Å². The van der Waals surface area contributed by atoms with Crippen LogP contribution in [0.2, 0.25) is 0 Å².